The molecular formula is C22H28N4O2. The Labute approximate surface area is 166 Å². The average Bonchev–Trinajstić information content (AvgIpc) is 2.74. The number of pyridine rings is 1. The topological polar surface area (TPSA) is 65.5 Å². The van der Waals surface area contributed by atoms with Crippen molar-refractivity contribution in [1.82, 2.24) is 20.1 Å². The molecule has 28 heavy (non-hydrogen) atoms. The Morgan fingerprint density at radius 1 is 1.18 bits per heavy atom. The van der Waals surface area contributed by atoms with Crippen molar-refractivity contribution in [3.63, 3.8) is 0 Å². The first kappa shape index (κ1) is 20.0. The molecule has 6 nitrogen and oxygen atoms in total. The summed E-state index contributed by atoms with van der Waals surface area (Å²) in [5.74, 6) is -0.0429. The van der Waals surface area contributed by atoms with Crippen LogP contribution in [0.5, 0.6) is 0 Å². The highest BCUT2D eigenvalue weighted by Gasteiger charge is 2.32. The van der Waals surface area contributed by atoms with Crippen LogP contribution in [0.15, 0.2) is 54.9 Å². The summed E-state index contributed by atoms with van der Waals surface area (Å²) < 4.78 is 0. The van der Waals surface area contributed by atoms with E-state index in [0.29, 0.717) is 19.6 Å². The van der Waals surface area contributed by atoms with Crippen molar-refractivity contribution >= 4 is 11.8 Å². The molecular weight excluding hydrogens is 352 g/mol. The average molecular weight is 380 g/mol. The number of aromatic nitrogens is 1. The molecule has 0 radical (unpaired) electrons. The molecule has 1 aromatic carbocycles. The van der Waals surface area contributed by atoms with Crippen molar-refractivity contribution in [2.45, 2.75) is 32.4 Å². The van der Waals surface area contributed by atoms with Crippen LogP contribution in [0.1, 0.15) is 24.5 Å². The normalized spacial score (nSPS) is 17.2. The highest BCUT2D eigenvalue weighted by Crippen LogP contribution is 2.14. The van der Waals surface area contributed by atoms with Gasteiger partial charge in [0.25, 0.3) is 0 Å². The molecule has 0 unspecified atom stereocenters. The van der Waals surface area contributed by atoms with Crippen molar-refractivity contribution < 1.29 is 9.59 Å². The number of rotatable bonds is 8. The summed E-state index contributed by atoms with van der Waals surface area (Å²) in [6.07, 6.45) is 4.54. The number of benzene rings is 1. The van der Waals surface area contributed by atoms with Gasteiger partial charge in [-0.3, -0.25) is 19.5 Å². The number of nitrogens with zero attached hydrogens (tertiary/aromatic N) is 3. The van der Waals surface area contributed by atoms with E-state index in [1.807, 2.05) is 37.3 Å². The molecule has 1 aromatic heterocycles. The lowest BCUT2D eigenvalue weighted by Crippen LogP contribution is -2.57. The third-order valence-electron chi connectivity index (χ3n) is 5.20. The van der Waals surface area contributed by atoms with Crippen LogP contribution in [0, 0.1) is 0 Å². The number of hydrogen-bond acceptors (Lipinski definition) is 4. The molecule has 0 bridgehead atoms. The molecule has 0 spiro atoms. The summed E-state index contributed by atoms with van der Waals surface area (Å²) in [6, 6.07) is 13.7. The summed E-state index contributed by atoms with van der Waals surface area (Å²) in [5.41, 5.74) is 2.28. The lowest BCUT2D eigenvalue weighted by molar-refractivity contribution is -0.139. The van der Waals surface area contributed by atoms with Crippen LogP contribution in [0.4, 0.5) is 0 Å². The molecule has 6 heteroatoms. The van der Waals surface area contributed by atoms with Gasteiger partial charge >= 0.3 is 0 Å². The van der Waals surface area contributed by atoms with Crippen LogP contribution in [-0.4, -0.2) is 58.8 Å². The molecule has 1 aliphatic rings. The fraction of sp³-hybridized carbons (Fsp3) is 0.409. The SMILES string of the molecule is CCN(Cc1ccncc1)C(=O)C[C@H]1C(=O)NCCN1CCc1ccccc1. The number of piperazine rings is 1. The predicted molar refractivity (Wildman–Crippen MR) is 108 cm³/mol. The molecule has 1 fully saturated rings. The Hall–Kier alpha value is -2.73. The van der Waals surface area contributed by atoms with E-state index in [1.165, 1.54) is 5.56 Å². The molecule has 2 amide bonds. The zero-order chi connectivity index (χ0) is 19.8. The molecule has 0 aliphatic carbocycles. The van der Waals surface area contributed by atoms with Gasteiger partial charge in [-0.2, -0.15) is 0 Å². The second-order valence-electron chi connectivity index (χ2n) is 7.05. The molecule has 1 saturated heterocycles. The van der Waals surface area contributed by atoms with Crippen molar-refractivity contribution in [3.8, 4) is 0 Å². The molecule has 0 saturated carbocycles. The number of carbonyl (C=O) groups excluding carboxylic acids is 2. The van der Waals surface area contributed by atoms with Gasteiger partial charge in [0.2, 0.25) is 11.8 Å². The van der Waals surface area contributed by atoms with Crippen LogP contribution in [0.2, 0.25) is 0 Å². The Balaban J connectivity index is 1.62. The van der Waals surface area contributed by atoms with Crippen molar-refractivity contribution in [3.05, 3.63) is 66.0 Å². The highest BCUT2D eigenvalue weighted by molar-refractivity contribution is 5.88. The second-order valence-corrected chi connectivity index (χ2v) is 7.05. The van der Waals surface area contributed by atoms with Crippen LogP contribution in [0.25, 0.3) is 0 Å². The lowest BCUT2D eigenvalue weighted by atomic mass is 10.1. The van der Waals surface area contributed by atoms with Gasteiger partial charge in [-0.05, 0) is 36.6 Å². The third kappa shape index (κ3) is 5.39. The zero-order valence-electron chi connectivity index (χ0n) is 16.4. The van der Waals surface area contributed by atoms with E-state index >= 15 is 0 Å². The fourth-order valence-electron chi connectivity index (χ4n) is 3.55. The minimum absolute atomic E-state index is 0.00562. The first-order chi connectivity index (χ1) is 13.7. The van der Waals surface area contributed by atoms with Gasteiger partial charge in [0.1, 0.15) is 0 Å². The van der Waals surface area contributed by atoms with E-state index in [9.17, 15) is 9.59 Å². The van der Waals surface area contributed by atoms with Gasteiger partial charge in [-0.25, -0.2) is 0 Å². The van der Waals surface area contributed by atoms with Gasteiger partial charge in [0.05, 0.1) is 12.5 Å². The van der Waals surface area contributed by atoms with Gasteiger partial charge in [0.15, 0.2) is 0 Å². The first-order valence-electron chi connectivity index (χ1n) is 9.89. The molecule has 148 valence electrons. The smallest absolute Gasteiger partial charge is 0.237 e. The molecule has 1 aliphatic heterocycles. The van der Waals surface area contributed by atoms with E-state index in [1.54, 1.807) is 17.3 Å². The largest absolute Gasteiger partial charge is 0.353 e. The standard InChI is InChI=1S/C22H28N4O2/c1-2-25(17-19-8-11-23-12-9-19)21(27)16-20-22(28)24-13-15-26(20)14-10-18-6-4-3-5-7-18/h3-9,11-12,20H,2,10,13-17H2,1H3,(H,24,28)/t20-/m0/s1. The predicted octanol–water partition coefficient (Wildman–Crippen LogP) is 1.86. The Kier molecular flexibility index (Phi) is 7.14. The van der Waals surface area contributed by atoms with Crippen LogP contribution in [0.3, 0.4) is 0 Å². The van der Waals surface area contributed by atoms with E-state index in [0.717, 1.165) is 25.1 Å². The van der Waals surface area contributed by atoms with Crippen molar-refractivity contribution in [1.29, 1.82) is 0 Å². The van der Waals surface area contributed by atoms with E-state index in [-0.39, 0.29) is 18.2 Å². The maximum Gasteiger partial charge on any atom is 0.237 e. The minimum atomic E-state index is -0.406. The Morgan fingerprint density at radius 3 is 2.64 bits per heavy atom. The molecule has 2 heterocycles. The first-order valence-corrected chi connectivity index (χ1v) is 9.89. The second kappa shape index (κ2) is 9.99. The van der Waals surface area contributed by atoms with Crippen LogP contribution in [-0.2, 0) is 22.6 Å². The molecule has 3 rings (SSSR count). The maximum atomic E-state index is 12.9. The quantitative estimate of drug-likeness (QED) is 0.759. The van der Waals surface area contributed by atoms with Crippen molar-refractivity contribution in [2.24, 2.45) is 0 Å². The Morgan fingerprint density at radius 2 is 1.93 bits per heavy atom. The van der Waals surface area contributed by atoms with Gasteiger partial charge < -0.3 is 10.2 Å². The zero-order valence-corrected chi connectivity index (χ0v) is 16.4. The third-order valence-corrected chi connectivity index (χ3v) is 5.20. The van der Waals surface area contributed by atoms with Gasteiger partial charge in [-0.15, -0.1) is 0 Å². The summed E-state index contributed by atoms with van der Waals surface area (Å²) in [6.45, 7) is 5.29. The maximum absolute atomic E-state index is 12.9. The van der Waals surface area contributed by atoms with Crippen molar-refractivity contribution in [2.75, 3.05) is 26.2 Å². The van der Waals surface area contributed by atoms with Gasteiger partial charge in [0, 0.05) is 45.1 Å². The fourth-order valence-corrected chi connectivity index (χ4v) is 3.55. The minimum Gasteiger partial charge on any atom is -0.353 e. The molecule has 1 N–H and O–H groups in total. The Bertz CT molecular complexity index is 767. The summed E-state index contributed by atoms with van der Waals surface area (Å²) >= 11 is 0. The number of amides is 2. The lowest BCUT2D eigenvalue weighted by Gasteiger charge is -2.35. The van der Waals surface area contributed by atoms with E-state index in [2.05, 4.69) is 27.3 Å². The van der Waals surface area contributed by atoms with Gasteiger partial charge in [-0.1, -0.05) is 30.3 Å². The summed E-state index contributed by atoms with van der Waals surface area (Å²) in [7, 11) is 0. The van der Waals surface area contributed by atoms with E-state index in [4.69, 9.17) is 0 Å². The summed E-state index contributed by atoms with van der Waals surface area (Å²) in [4.78, 5) is 33.4. The number of carbonyl (C=O) groups is 2. The monoisotopic (exact) mass is 380 g/mol. The van der Waals surface area contributed by atoms with Crippen LogP contribution < -0.4 is 5.32 Å². The molecule has 2 aromatic rings. The summed E-state index contributed by atoms with van der Waals surface area (Å²) in [5, 5.41) is 2.91. The highest BCUT2D eigenvalue weighted by atomic mass is 16.2. The number of hydrogen-bond donors (Lipinski definition) is 1. The number of nitrogens with one attached hydrogen (secondary N) is 1. The van der Waals surface area contributed by atoms with Crippen LogP contribution >= 0.6 is 0 Å². The molecule has 1 atom stereocenters. The van der Waals surface area contributed by atoms with E-state index < -0.39 is 6.04 Å².